The highest BCUT2D eigenvalue weighted by Gasteiger charge is 2.09. The fraction of sp³-hybridized carbons (Fsp3) is 0.188. The molecule has 0 spiro atoms. The number of carbonyl (C=O) groups excluding carboxylic acids is 1. The van der Waals surface area contributed by atoms with E-state index in [0.717, 1.165) is 5.56 Å². The van der Waals surface area contributed by atoms with Gasteiger partial charge in [-0.05, 0) is 36.8 Å². The number of hydrogen-bond donors (Lipinski definition) is 1. The predicted molar refractivity (Wildman–Crippen MR) is 80.4 cm³/mol. The number of carbonyl (C=O) groups is 1. The summed E-state index contributed by atoms with van der Waals surface area (Å²) >= 11 is 5.98. The number of hydrogen-bond acceptors (Lipinski definition) is 2. The number of nitrogens with one attached hydrogen (secondary N) is 1. The number of benzene rings is 2. The molecule has 2 rings (SSSR count). The second-order valence-electron chi connectivity index (χ2n) is 4.50. The lowest BCUT2D eigenvalue weighted by atomic mass is 10.2. The van der Waals surface area contributed by atoms with E-state index in [4.69, 9.17) is 16.3 Å². The molecule has 0 aliphatic carbocycles. The third kappa shape index (κ3) is 4.20. The molecular weight excluding hydrogens is 293 g/mol. The first-order valence-corrected chi connectivity index (χ1v) is 6.87. The second kappa shape index (κ2) is 7.09. The molecule has 2 aromatic rings. The second-order valence-corrected chi connectivity index (χ2v) is 4.90. The Balaban J connectivity index is 1.81. The van der Waals surface area contributed by atoms with E-state index in [1.165, 1.54) is 18.2 Å². The van der Waals surface area contributed by atoms with Gasteiger partial charge in [-0.1, -0.05) is 29.8 Å². The average molecular weight is 308 g/mol. The highest BCUT2D eigenvalue weighted by atomic mass is 35.5. The minimum atomic E-state index is -0.541. The lowest BCUT2D eigenvalue weighted by Crippen LogP contribution is -2.28. The topological polar surface area (TPSA) is 38.3 Å². The van der Waals surface area contributed by atoms with E-state index in [1.54, 1.807) is 18.2 Å². The predicted octanol–water partition coefficient (Wildman–Crippen LogP) is 3.60. The lowest BCUT2D eigenvalue weighted by molar-refractivity contribution is 0.0943. The zero-order valence-electron chi connectivity index (χ0n) is 11.5. The molecule has 5 heteroatoms. The molecule has 110 valence electrons. The number of aryl methyl sites for hydroxylation is 1. The van der Waals surface area contributed by atoms with Gasteiger partial charge in [0.05, 0.1) is 12.1 Å². The Morgan fingerprint density at radius 1 is 1.29 bits per heavy atom. The molecule has 3 nitrogen and oxygen atoms in total. The third-order valence-corrected chi connectivity index (χ3v) is 3.33. The van der Waals surface area contributed by atoms with Gasteiger partial charge in [-0.3, -0.25) is 4.79 Å². The van der Waals surface area contributed by atoms with Gasteiger partial charge in [-0.2, -0.15) is 0 Å². The SMILES string of the molecule is Cc1ccc(OCCNC(=O)c2ccccc2F)cc1Cl. The van der Waals surface area contributed by atoms with E-state index in [-0.39, 0.29) is 18.7 Å². The monoisotopic (exact) mass is 307 g/mol. The molecule has 1 amide bonds. The molecule has 0 unspecified atom stereocenters. The summed E-state index contributed by atoms with van der Waals surface area (Å²) in [6, 6.07) is 11.2. The van der Waals surface area contributed by atoms with Crippen LogP contribution in [0, 0.1) is 12.7 Å². The largest absolute Gasteiger partial charge is 0.492 e. The molecule has 1 N–H and O–H groups in total. The average Bonchev–Trinajstić information content (AvgIpc) is 2.47. The first-order chi connectivity index (χ1) is 10.1. The maximum absolute atomic E-state index is 13.4. The molecule has 0 saturated heterocycles. The quantitative estimate of drug-likeness (QED) is 0.857. The van der Waals surface area contributed by atoms with Gasteiger partial charge in [0.1, 0.15) is 18.2 Å². The van der Waals surface area contributed by atoms with E-state index in [2.05, 4.69) is 5.32 Å². The summed E-state index contributed by atoms with van der Waals surface area (Å²) in [7, 11) is 0. The molecule has 0 radical (unpaired) electrons. The highest BCUT2D eigenvalue weighted by Crippen LogP contribution is 2.21. The van der Waals surface area contributed by atoms with Gasteiger partial charge in [-0.15, -0.1) is 0 Å². The first-order valence-electron chi connectivity index (χ1n) is 6.49. The van der Waals surface area contributed by atoms with Crippen molar-refractivity contribution in [1.29, 1.82) is 0 Å². The molecule has 2 aromatic carbocycles. The normalized spacial score (nSPS) is 10.2. The Kier molecular flexibility index (Phi) is 5.17. The van der Waals surface area contributed by atoms with Crippen molar-refractivity contribution in [2.24, 2.45) is 0 Å². The zero-order valence-corrected chi connectivity index (χ0v) is 12.3. The van der Waals surface area contributed by atoms with Crippen molar-refractivity contribution in [3.05, 3.63) is 64.4 Å². The van der Waals surface area contributed by atoms with Crippen LogP contribution in [-0.4, -0.2) is 19.1 Å². The molecule has 0 saturated carbocycles. The lowest BCUT2D eigenvalue weighted by Gasteiger charge is -2.09. The van der Waals surface area contributed by atoms with Gasteiger partial charge >= 0.3 is 0 Å². The Morgan fingerprint density at radius 2 is 2.05 bits per heavy atom. The van der Waals surface area contributed by atoms with E-state index >= 15 is 0 Å². The molecule has 0 fully saturated rings. The van der Waals surface area contributed by atoms with Crippen molar-refractivity contribution < 1.29 is 13.9 Å². The van der Waals surface area contributed by atoms with Crippen LogP contribution in [0.1, 0.15) is 15.9 Å². The van der Waals surface area contributed by atoms with Crippen molar-refractivity contribution >= 4 is 17.5 Å². The van der Waals surface area contributed by atoms with Gasteiger partial charge in [0, 0.05) is 5.02 Å². The Hall–Kier alpha value is -2.07. The fourth-order valence-electron chi connectivity index (χ4n) is 1.74. The molecule has 0 atom stereocenters. The van der Waals surface area contributed by atoms with E-state index in [9.17, 15) is 9.18 Å². The summed E-state index contributed by atoms with van der Waals surface area (Å²) in [5.74, 6) is -0.370. The molecule has 0 heterocycles. The van der Waals surface area contributed by atoms with Gasteiger partial charge in [0.2, 0.25) is 0 Å². The highest BCUT2D eigenvalue weighted by molar-refractivity contribution is 6.31. The molecule has 0 aliphatic rings. The molecule has 0 bridgehead atoms. The summed E-state index contributed by atoms with van der Waals surface area (Å²) in [4.78, 5) is 11.7. The Bertz CT molecular complexity index is 646. The minimum absolute atomic E-state index is 0.0240. The number of amides is 1. The standard InChI is InChI=1S/C16H15ClFNO2/c1-11-6-7-12(10-14(11)17)21-9-8-19-16(20)13-4-2-3-5-15(13)18/h2-7,10H,8-9H2,1H3,(H,19,20). The van der Waals surface area contributed by atoms with Crippen LogP contribution in [-0.2, 0) is 0 Å². The number of rotatable bonds is 5. The first kappa shape index (κ1) is 15.3. The number of halogens is 2. The summed E-state index contributed by atoms with van der Waals surface area (Å²) in [5, 5.41) is 3.23. The molecule has 0 aliphatic heterocycles. The van der Waals surface area contributed by atoms with Crippen molar-refractivity contribution in [3.8, 4) is 5.75 Å². The van der Waals surface area contributed by atoms with Crippen LogP contribution in [0.3, 0.4) is 0 Å². The van der Waals surface area contributed by atoms with Crippen LogP contribution in [0.4, 0.5) is 4.39 Å². The van der Waals surface area contributed by atoms with Crippen LogP contribution < -0.4 is 10.1 Å². The molecule has 21 heavy (non-hydrogen) atoms. The Labute approximate surface area is 127 Å². The third-order valence-electron chi connectivity index (χ3n) is 2.92. The summed E-state index contributed by atoms with van der Waals surface area (Å²) < 4.78 is 18.9. The van der Waals surface area contributed by atoms with Crippen molar-refractivity contribution in [2.75, 3.05) is 13.2 Å². The summed E-state index contributed by atoms with van der Waals surface area (Å²) in [6.07, 6.45) is 0. The van der Waals surface area contributed by atoms with Crippen molar-refractivity contribution in [3.63, 3.8) is 0 Å². The van der Waals surface area contributed by atoms with Crippen LogP contribution in [0.15, 0.2) is 42.5 Å². The molecular formula is C16H15ClFNO2. The van der Waals surface area contributed by atoms with Crippen LogP contribution in [0.2, 0.25) is 5.02 Å². The number of ether oxygens (including phenoxy) is 1. The van der Waals surface area contributed by atoms with Crippen molar-refractivity contribution in [2.45, 2.75) is 6.92 Å². The zero-order chi connectivity index (χ0) is 15.2. The van der Waals surface area contributed by atoms with Crippen LogP contribution >= 0.6 is 11.6 Å². The summed E-state index contributed by atoms with van der Waals surface area (Å²) in [5.41, 5.74) is 0.993. The minimum Gasteiger partial charge on any atom is -0.492 e. The van der Waals surface area contributed by atoms with E-state index < -0.39 is 11.7 Å². The van der Waals surface area contributed by atoms with E-state index in [1.807, 2.05) is 13.0 Å². The van der Waals surface area contributed by atoms with Crippen molar-refractivity contribution in [1.82, 2.24) is 5.32 Å². The van der Waals surface area contributed by atoms with Gasteiger partial charge in [0.25, 0.3) is 5.91 Å². The summed E-state index contributed by atoms with van der Waals surface area (Å²) in [6.45, 7) is 2.46. The smallest absolute Gasteiger partial charge is 0.254 e. The maximum atomic E-state index is 13.4. The molecule has 0 aromatic heterocycles. The van der Waals surface area contributed by atoms with Crippen LogP contribution in [0.5, 0.6) is 5.75 Å². The van der Waals surface area contributed by atoms with E-state index in [0.29, 0.717) is 10.8 Å². The van der Waals surface area contributed by atoms with Gasteiger partial charge < -0.3 is 10.1 Å². The fourth-order valence-corrected chi connectivity index (χ4v) is 1.91. The Morgan fingerprint density at radius 3 is 2.76 bits per heavy atom. The van der Waals surface area contributed by atoms with Gasteiger partial charge in [-0.25, -0.2) is 4.39 Å². The van der Waals surface area contributed by atoms with Gasteiger partial charge in [0.15, 0.2) is 0 Å². The van der Waals surface area contributed by atoms with Crippen LogP contribution in [0.25, 0.3) is 0 Å². The maximum Gasteiger partial charge on any atom is 0.254 e.